The van der Waals surface area contributed by atoms with Crippen LogP contribution in [0.2, 0.25) is 0 Å². The predicted octanol–water partition coefficient (Wildman–Crippen LogP) is 2.73. The Kier molecular flexibility index (Phi) is 4.15. The van der Waals surface area contributed by atoms with E-state index in [1.165, 1.54) is 43.8 Å². The minimum atomic E-state index is 0.764. The summed E-state index contributed by atoms with van der Waals surface area (Å²) in [5.74, 6) is 0. The molecule has 3 heteroatoms. The Bertz CT molecular complexity index is 408. The highest BCUT2D eigenvalue weighted by Crippen LogP contribution is 2.37. The van der Waals surface area contributed by atoms with Crippen LogP contribution in [0.5, 0.6) is 0 Å². The van der Waals surface area contributed by atoms with E-state index in [2.05, 4.69) is 59.9 Å². The maximum atomic E-state index is 2.73. The van der Waals surface area contributed by atoms with E-state index in [9.17, 15) is 0 Å². The Hall–Kier alpha value is -0.510. The zero-order valence-corrected chi connectivity index (χ0v) is 12.8. The SMILES string of the molecule is CN(C)CC1CCCN1CC1Cc2ccccc2S1. The van der Waals surface area contributed by atoms with Crippen molar-refractivity contribution in [2.24, 2.45) is 0 Å². The van der Waals surface area contributed by atoms with Gasteiger partial charge >= 0.3 is 0 Å². The predicted molar refractivity (Wildman–Crippen MR) is 82.9 cm³/mol. The average molecular weight is 276 g/mol. The molecule has 0 radical (unpaired) electrons. The van der Waals surface area contributed by atoms with E-state index in [1.807, 2.05) is 0 Å². The molecule has 1 aromatic carbocycles. The Balaban J connectivity index is 1.58. The standard InChI is InChI=1S/C16H24N2S/c1-17(2)11-14-7-5-9-18(14)12-15-10-13-6-3-4-8-16(13)19-15/h3-4,6,8,14-15H,5,7,9-12H2,1-2H3. The van der Waals surface area contributed by atoms with E-state index < -0.39 is 0 Å². The molecule has 1 aromatic rings. The molecule has 2 aliphatic heterocycles. The molecule has 0 saturated carbocycles. The summed E-state index contributed by atoms with van der Waals surface area (Å²) >= 11 is 2.09. The molecule has 1 fully saturated rings. The first-order chi connectivity index (χ1) is 9.22. The van der Waals surface area contributed by atoms with E-state index >= 15 is 0 Å². The fraction of sp³-hybridized carbons (Fsp3) is 0.625. The van der Waals surface area contributed by atoms with Crippen molar-refractivity contribution in [3.8, 4) is 0 Å². The van der Waals surface area contributed by atoms with Gasteiger partial charge in [0.15, 0.2) is 0 Å². The van der Waals surface area contributed by atoms with E-state index in [0.29, 0.717) is 0 Å². The van der Waals surface area contributed by atoms with Gasteiger partial charge in [-0.05, 0) is 51.5 Å². The summed E-state index contributed by atoms with van der Waals surface area (Å²) in [5, 5.41) is 0.764. The van der Waals surface area contributed by atoms with Crippen LogP contribution in [0.15, 0.2) is 29.2 Å². The summed E-state index contributed by atoms with van der Waals surface area (Å²) in [4.78, 5) is 6.57. The first kappa shape index (κ1) is 13.5. The molecule has 0 aromatic heterocycles. The van der Waals surface area contributed by atoms with Crippen molar-refractivity contribution in [1.29, 1.82) is 0 Å². The number of likely N-dealkylation sites (N-methyl/N-ethyl adjacent to an activating group) is 1. The molecule has 0 amide bonds. The van der Waals surface area contributed by atoms with Crippen LogP contribution in [0.1, 0.15) is 18.4 Å². The third kappa shape index (κ3) is 3.15. The summed E-state index contributed by atoms with van der Waals surface area (Å²) < 4.78 is 0. The van der Waals surface area contributed by atoms with Crippen LogP contribution >= 0.6 is 11.8 Å². The van der Waals surface area contributed by atoms with Crippen molar-refractivity contribution in [1.82, 2.24) is 9.80 Å². The summed E-state index contributed by atoms with van der Waals surface area (Å²) in [6.45, 7) is 3.77. The molecule has 0 spiro atoms. The highest BCUT2D eigenvalue weighted by molar-refractivity contribution is 8.00. The summed E-state index contributed by atoms with van der Waals surface area (Å²) in [5.41, 5.74) is 1.56. The second-order valence-corrected chi connectivity index (χ2v) is 7.45. The van der Waals surface area contributed by atoms with Gasteiger partial charge in [0.25, 0.3) is 0 Å². The molecule has 2 nitrogen and oxygen atoms in total. The minimum Gasteiger partial charge on any atom is -0.308 e. The molecule has 1 saturated heterocycles. The number of hydrogen-bond donors (Lipinski definition) is 0. The lowest BCUT2D eigenvalue weighted by atomic mass is 10.1. The van der Waals surface area contributed by atoms with Crippen molar-refractivity contribution in [2.45, 2.75) is 35.4 Å². The van der Waals surface area contributed by atoms with Crippen LogP contribution < -0.4 is 0 Å². The quantitative estimate of drug-likeness (QED) is 0.835. The van der Waals surface area contributed by atoms with E-state index in [-0.39, 0.29) is 0 Å². The second kappa shape index (κ2) is 5.86. The fourth-order valence-corrected chi connectivity index (χ4v) is 4.73. The molecule has 2 heterocycles. The number of nitrogens with zero attached hydrogens (tertiary/aromatic N) is 2. The number of likely N-dealkylation sites (tertiary alicyclic amines) is 1. The second-order valence-electron chi connectivity index (χ2n) is 6.10. The normalized spacial score (nSPS) is 27.1. The van der Waals surface area contributed by atoms with Gasteiger partial charge in [-0.3, -0.25) is 4.90 Å². The van der Waals surface area contributed by atoms with Crippen molar-refractivity contribution in [2.75, 3.05) is 33.7 Å². The molecule has 2 unspecified atom stereocenters. The Labute approximate surface area is 121 Å². The largest absolute Gasteiger partial charge is 0.308 e. The van der Waals surface area contributed by atoms with Crippen LogP contribution in [-0.2, 0) is 6.42 Å². The number of fused-ring (bicyclic) bond motifs is 1. The van der Waals surface area contributed by atoms with E-state index in [4.69, 9.17) is 0 Å². The molecule has 104 valence electrons. The lowest BCUT2D eigenvalue weighted by molar-refractivity contribution is 0.208. The monoisotopic (exact) mass is 276 g/mol. The third-order valence-electron chi connectivity index (χ3n) is 4.23. The molecule has 0 bridgehead atoms. The van der Waals surface area contributed by atoms with Gasteiger partial charge in [0.2, 0.25) is 0 Å². The summed E-state index contributed by atoms with van der Waals surface area (Å²) in [7, 11) is 4.38. The van der Waals surface area contributed by atoms with E-state index in [0.717, 1.165) is 11.3 Å². The van der Waals surface area contributed by atoms with Crippen molar-refractivity contribution >= 4 is 11.8 Å². The first-order valence-corrected chi connectivity index (χ1v) is 8.23. The molecular weight excluding hydrogens is 252 g/mol. The number of rotatable bonds is 4. The van der Waals surface area contributed by atoms with E-state index in [1.54, 1.807) is 5.56 Å². The Morgan fingerprint density at radius 2 is 2.16 bits per heavy atom. The van der Waals surface area contributed by atoms with Crippen LogP contribution in [-0.4, -0.2) is 54.8 Å². The van der Waals surface area contributed by atoms with Gasteiger partial charge in [0.1, 0.15) is 0 Å². The maximum Gasteiger partial charge on any atom is 0.0263 e. The number of thioether (sulfide) groups is 1. The third-order valence-corrected chi connectivity index (χ3v) is 5.53. The molecule has 2 atom stereocenters. The van der Waals surface area contributed by atoms with Gasteiger partial charge in [-0.25, -0.2) is 0 Å². The smallest absolute Gasteiger partial charge is 0.0263 e. The van der Waals surface area contributed by atoms with Crippen molar-refractivity contribution in [3.05, 3.63) is 29.8 Å². The van der Waals surface area contributed by atoms with Gasteiger partial charge < -0.3 is 4.90 Å². The van der Waals surface area contributed by atoms with Crippen LogP contribution in [0.25, 0.3) is 0 Å². The molecular formula is C16H24N2S. The van der Waals surface area contributed by atoms with Gasteiger partial charge in [-0.15, -0.1) is 11.8 Å². The molecule has 19 heavy (non-hydrogen) atoms. The zero-order chi connectivity index (χ0) is 13.2. The molecule has 3 rings (SSSR count). The maximum absolute atomic E-state index is 2.73. The highest BCUT2D eigenvalue weighted by Gasteiger charge is 2.30. The molecule has 0 aliphatic carbocycles. The zero-order valence-electron chi connectivity index (χ0n) is 12.0. The summed E-state index contributed by atoms with van der Waals surface area (Å²) in [6, 6.07) is 9.69. The number of benzene rings is 1. The highest BCUT2D eigenvalue weighted by atomic mass is 32.2. The fourth-order valence-electron chi connectivity index (χ4n) is 3.38. The van der Waals surface area contributed by atoms with Gasteiger partial charge in [-0.1, -0.05) is 18.2 Å². The average Bonchev–Trinajstić information content (AvgIpc) is 2.95. The Morgan fingerprint density at radius 3 is 2.95 bits per heavy atom. The van der Waals surface area contributed by atoms with Crippen molar-refractivity contribution in [3.63, 3.8) is 0 Å². The molecule has 2 aliphatic rings. The summed E-state index contributed by atoms with van der Waals surface area (Å²) in [6.07, 6.45) is 4.01. The van der Waals surface area contributed by atoms with Gasteiger partial charge in [0.05, 0.1) is 0 Å². The van der Waals surface area contributed by atoms with Gasteiger partial charge in [0, 0.05) is 29.3 Å². The van der Waals surface area contributed by atoms with Crippen molar-refractivity contribution < 1.29 is 0 Å². The number of hydrogen-bond acceptors (Lipinski definition) is 3. The molecule has 0 N–H and O–H groups in total. The van der Waals surface area contributed by atoms with Crippen LogP contribution in [0.3, 0.4) is 0 Å². The Morgan fingerprint density at radius 1 is 1.32 bits per heavy atom. The van der Waals surface area contributed by atoms with Gasteiger partial charge in [-0.2, -0.15) is 0 Å². The van der Waals surface area contributed by atoms with Crippen LogP contribution in [0.4, 0.5) is 0 Å². The first-order valence-electron chi connectivity index (χ1n) is 7.36. The lowest BCUT2D eigenvalue weighted by Crippen LogP contribution is -2.40. The lowest BCUT2D eigenvalue weighted by Gasteiger charge is -2.28. The van der Waals surface area contributed by atoms with Crippen LogP contribution in [0, 0.1) is 0 Å². The minimum absolute atomic E-state index is 0.764. The topological polar surface area (TPSA) is 6.48 Å².